The zero-order valence-corrected chi connectivity index (χ0v) is 22.4. The van der Waals surface area contributed by atoms with Crippen molar-refractivity contribution in [3.05, 3.63) is 48.5 Å². The molecule has 0 aliphatic rings. The van der Waals surface area contributed by atoms with Gasteiger partial charge >= 0.3 is 0 Å². The minimum absolute atomic E-state index is 0.0804. The number of aliphatic hydroxyl groups excluding tert-OH is 1. The van der Waals surface area contributed by atoms with Crippen molar-refractivity contribution >= 4 is 41.4 Å². The van der Waals surface area contributed by atoms with Crippen molar-refractivity contribution < 1.29 is 23.7 Å². The quantitative estimate of drug-likeness (QED) is 0.206. The molecule has 11 nitrogen and oxygen atoms in total. The molecule has 2 heterocycles. The third-order valence-electron chi connectivity index (χ3n) is 5.34. The molecule has 0 fully saturated rings. The topological polar surface area (TPSA) is 154 Å². The van der Waals surface area contributed by atoms with Gasteiger partial charge in [-0.15, -0.1) is 0 Å². The Morgan fingerprint density at radius 1 is 1.28 bits per heavy atom. The van der Waals surface area contributed by atoms with Crippen molar-refractivity contribution in [3.63, 3.8) is 0 Å². The lowest BCUT2D eigenvalue weighted by Crippen LogP contribution is -2.26. The summed E-state index contributed by atoms with van der Waals surface area (Å²) in [6.07, 6.45) is 2.49. The number of ether oxygens (including phenoxy) is 1. The van der Waals surface area contributed by atoms with E-state index in [0.717, 1.165) is 17.3 Å². The minimum atomic E-state index is -3.41. The average molecular weight is 537 g/mol. The fourth-order valence-corrected chi connectivity index (χ4v) is 5.55. The summed E-state index contributed by atoms with van der Waals surface area (Å²) in [5, 5.41) is 12.2. The second kappa shape index (κ2) is 12.8. The van der Waals surface area contributed by atoms with Gasteiger partial charge in [-0.2, -0.15) is 0 Å². The van der Waals surface area contributed by atoms with Gasteiger partial charge in [0.2, 0.25) is 0 Å². The van der Waals surface area contributed by atoms with E-state index in [4.69, 9.17) is 15.0 Å². The van der Waals surface area contributed by atoms with Gasteiger partial charge in [0.25, 0.3) is 7.52 Å². The van der Waals surface area contributed by atoms with Crippen LogP contribution in [0.4, 0.5) is 5.82 Å². The monoisotopic (exact) mass is 536 g/mol. The maximum absolute atomic E-state index is 13.6. The van der Waals surface area contributed by atoms with Crippen LogP contribution in [0.1, 0.15) is 26.3 Å². The molecule has 2 aromatic heterocycles. The number of carbonyl (C=O) groups excluding carboxylic acids is 1. The summed E-state index contributed by atoms with van der Waals surface area (Å²) in [6, 6.07) is 9.55. The van der Waals surface area contributed by atoms with Crippen molar-refractivity contribution in [3.8, 4) is 0 Å². The highest BCUT2D eigenvalue weighted by Crippen LogP contribution is 2.43. The average Bonchev–Trinajstić information content (AvgIpc) is 3.28. The molecule has 1 unspecified atom stereocenters. The molecule has 196 valence electrons. The molecule has 0 aliphatic heterocycles. The Balaban J connectivity index is 1.59. The molecule has 0 spiro atoms. The second-order valence-electron chi connectivity index (χ2n) is 8.94. The lowest BCUT2D eigenvalue weighted by atomic mass is 9.97. The Bertz CT molecular complexity index is 1190. The number of fused-ring (bicyclic) bond motifs is 1. The summed E-state index contributed by atoms with van der Waals surface area (Å²) in [5.74, 6) is 0.603. The number of nitrogens with one attached hydrogen (secondary N) is 1. The molecule has 0 saturated carbocycles. The fourth-order valence-electron chi connectivity index (χ4n) is 3.10. The van der Waals surface area contributed by atoms with Gasteiger partial charge in [0, 0.05) is 12.3 Å². The number of nitrogen functional groups attached to an aromatic ring is 1. The number of thioether (sulfide) groups is 1. The van der Waals surface area contributed by atoms with E-state index in [1.807, 2.05) is 37.3 Å². The zero-order valence-electron chi connectivity index (χ0n) is 20.7. The van der Waals surface area contributed by atoms with Crippen LogP contribution in [-0.4, -0.2) is 61.2 Å². The van der Waals surface area contributed by atoms with Crippen LogP contribution in [0.15, 0.2) is 43.0 Å². The third kappa shape index (κ3) is 7.83. The number of imidazole rings is 1. The van der Waals surface area contributed by atoms with Gasteiger partial charge in [-0.3, -0.25) is 9.36 Å². The highest BCUT2D eigenvalue weighted by Gasteiger charge is 2.28. The van der Waals surface area contributed by atoms with Crippen molar-refractivity contribution in [2.24, 2.45) is 5.41 Å². The lowest BCUT2D eigenvalue weighted by molar-refractivity contribution is -0.119. The molecule has 0 bridgehead atoms. The van der Waals surface area contributed by atoms with E-state index in [1.165, 1.54) is 6.33 Å². The Morgan fingerprint density at radius 2 is 2.03 bits per heavy atom. The molecular formula is C23H33N6O5PS. The number of hydrogen-bond acceptors (Lipinski definition) is 10. The van der Waals surface area contributed by atoms with E-state index in [1.54, 1.807) is 24.7 Å². The zero-order chi connectivity index (χ0) is 26.2. The van der Waals surface area contributed by atoms with E-state index in [-0.39, 0.29) is 30.8 Å². The normalized spacial score (nSPS) is 14.6. The Kier molecular flexibility index (Phi) is 10.0. The van der Waals surface area contributed by atoms with Crippen LogP contribution in [-0.2, 0) is 31.7 Å². The third-order valence-corrected chi connectivity index (χ3v) is 8.26. The molecule has 4 N–H and O–H groups in total. The standard InChI is InChI=1S/C23H33N6O5PS/c1-17(12-29-15-27-19-20(24)25-14-26-21(19)29)33-16-35(32,28-11-18-7-5-4-6-8-18)34-9-10-36-22(31)23(2,3)13-30/h4-8,14-15,17,30H,9-13,16H2,1-3H3,(H,28,32)(H2,24,25,26)/t17-,35?/m1/s1. The molecule has 3 aromatic rings. The number of hydrogen-bond donors (Lipinski definition) is 3. The smallest absolute Gasteiger partial charge is 0.295 e. The van der Waals surface area contributed by atoms with E-state index in [0.29, 0.717) is 35.8 Å². The highest BCUT2D eigenvalue weighted by molar-refractivity contribution is 8.13. The van der Waals surface area contributed by atoms with Gasteiger partial charge in [0.05, 0.1) is 37.6 Å². The highest BCUT2D eigenvalue weighted by atomic mass is 32.2. The maximum Gasteiger partial charge on any atom is 0.295 e. The van der Waals surface area contributed by atoms with E-state index in [9.17, 15) is 14.5 Å². The summed E-state index contributed by atoms with van der Waals surface area (Å²) in [5.41, 5.74) is 7.06. The largest absolute Gasteiger partial charge is 0.395 e. The Hall–Kier alpha value is -2.34. The fraction of sp³-hybridized carbons (Fsp3) is 0.478. The van der Waals surface area contributed by atoms with Crippen LogP contribution in [0.3, 0.4) is 0 Å². The molecule has 2 atom stereocenters. The van der Waals surface area contributed by atoms with Gasteiger partial charge in [-0.25, -0.2) is 20.0 Å². The van der Waals surface area contributed by atoms with Crippen LogP contribution in [0, 0.1) is 5.41 Å². The van der Waals surface area contributed by atoms with Crippen molar-refractivity contribution in [2.75, 3.05) is 31.0 Å². The molecule has 36 heavy (non-hydrogen) atoms. The summed E-state index contributed by atoms with van der Waals surface area (Å²) in [4.78, 5) is 24.6. The molecule has 0 amide bonds. The van der Waals surface area contributed by atoms with Gasteiger partial charge in [-0.1, -0.05) is 42.1 Å². The van der Waals surface area contributed by atoms with Crippen LogP contribution in [0.2, 0.25) is 0 Å². The van der Waals surface area contributed by atoms with Gasteiger partial charge in [0.15, 0.2) is 16.6 Å². The number of rotatable bonds is 14. The first-order chi connectivity index (χ1) is 17.1. The molecule has 3 rings (SSSR count). The van der Waals surface area contributed by atoms with E-state index < -0.39 is 12.9 Å². The van der Waals surface area contributed by atoms with E-state index >= 15 is 0 Å². The van der Waals surface area contributed by atoms with Crippen LogP contribution >= 0.6 is 19.3 Å². The Labute approximate surface area is 214 Å². The summed E-state index contributed by atoms with van der Waals surface area (Å²) in [6.45, 7) is 5.78. The molecule has 0 radical (unpaired) electrons. The first kappa shape index (κ1) is 28.2. The molecule has 13 heteroatoms. The number of carbonyl (C=O) groups is 1. The number of nitrogens with zero attached hydrogens (tertiary/aromatic N) is 4. The molecule has 0 aliphatic carbocycles. The SMILES string of the molecule is C[C@H](Cn1cnc2c(N)ncnc21)OCP(=O)(NCc1ccccc1)OCCSC(=O)C(C)(C)CO. The second-order valence-corrected chi connectivity index (χ2v) is 12.2. The summed E-state index contributed by atoms with van der Waals surface area (Å²) >= 11 is 1.05. The van der Waals surface area contributed by atoms with Crippen LogP contribution in [0.5, 0.6) is 0 Å². The number of nitrogens with two attached hydrogens (primary N) is 1. The number of benzene rings is 1. The minimum Gasteiger partial charge on any atom is -0.395 e. The number of aliphatic hydroxyl groups is 1. The maximum atomic E-state index is 13.6. The van der Waals surface area contributed by atoms with Crippen molar-refractivity contribution in [1.82, 2.24) is 24.6 Å². The molecular weight excluding hydrogens is 503 g/mol. The first-order valence-corrected chi connectivity index (χ1v) is 14.3. The van der Waals surface area contributed by atoms with Crippen molar-refractivity contribution in [1.29, 1.82) is 0 Å². The predicted molar refractivity (Wildman–Crippen MR) is 140 cm³/mol. The predicted octanol–water partition coefficient (Wildman–Crippen LogP) is 3.05. The first-order valence-electron chi connectivity index (χ1n) is 11.5. The number of anilines is 1. The summed E-state index contributed by atoms with van der Waals surface area (Å²) in [7, 11) is -3.41. The lowest BCUT2D eigenvalue weighted by Gasteiger charge is -2.23. The van der Waals surface area contributed by atoms with Crippen molar-refractivity contribution in [2.45, 2.75) is 40.0 Å². The van der Waals surface area contributed by atoms with Crippen LogP contribution in [0.25, 0.3) is 11.2 Å². The summed E-state index contributed by atoms with van der Waals surface area (Å²) < 4.78 is 27.1. The van der Waals surface area contributed by atoms with Gasteiger partial charge in [-0.05, 0) is 26.3 Å². The van der Waals surface area contributed by atoms with Gasteiger partial charge < -0.3 is 24.7 Å². The van der Waals surface area contributed by atoms with Crippen LogP contribution < -0.4 is 10.8 Å². The number of aromatic nitrogens is 4. The Morgan fingerprint density at radius 3 is 2.75 bits per heavy atom. The molecule has 0 saturated heterocycles. The van der Waals surface area contributed by atoms with E-state index in [2.05, 4.69) is 20.0 Å². The molecule has 1 aromatic carbocycles. The van der Waals surface area contributed by atoms with Gasteiger partial charge in [0.1, 0.15) is 18.2 Å².